The molecule has 128 valence electrons. The monoisotopic (exact) mass is 394 g/mol. The minimum atomic E-state index is -0.401. The second-order valence-corrected chi connectivity index (χ2v) is 7.16. The lowest BCUT2D eigenvalue weighted by molar-refractivity contribution is -0.541. The normalized spacial score (nSPS) is 11.2. The van der Waals surface area contributed by atoms with Crippen molar-refractivity contribution in [3.05, 3.63) is 45.5 Å². The van der Waals surface area contributed by atoms with Gasteiger partial charge < -0.3 is 5.32 Å². The Hall–Kier alpha value is -2.22. The Kier molecular flexibility index (Phi) is 5.38. The number of para-hydroxylation sites is 2. The maximum absolute atomic E-state index is 12.5. The first-order valence-corrected chi connectivity index (χ1v) is 8.39. The first-order valence-electron chi connectivity index (χ1n) is 7.59. The molecule has 0 aliphatic carbocycles. The number of nitroso groups, excluding NO2 is 1. The van der Waals surface area contributed by atoms with Crippen molar-refractivity contribution in [2.75, 3.05) is 5.32 Å². The molecule has 0 aliphatic heterocycles. The highest BCUT2D eigenvalue weighted by atomic mass is 79.9. The number of rotatable bonds is 5. The molecule has 2 aromatic rings. The van der Waals surface area contributed by atoms with E-state index >= 15 is 0 Å². The molecule has 7 nitrogen and oxygen atoms in total. The molecule has 1 aromatic carbocycles. The summed E-state index contributed by atoms with van der Waals surface area (Å²) in [6, 6.07) is 6.81. The van der Waals surface area contributed by atoms with E-state index < -0.39 is 5.54 Å². The van der Waals surface area contributed by atoms with Crippen LogP contribution in [-0.2, 0) is 6.54 Å². The molecule has 1 heterocycles. The number of benzene rings is 1. The van der Waals surface area contributed by atoms with Gasteiger partial charge in [0.25, 0.3) is 5.91 Å². The first kappa shape index (κ1) is 18.1. The zero-order valence-corrected chi connectivity index (χ0v) is 15.7. The van der Waals surface area contributed by atoms with Crippen LogP contribution in [0.2, 0.25) is 0 Å². The molecule has 0 spiro atoms. The number of aryl methyl sites for hydroxylation is 1. The predicted molar refractivity (Wildman–Crippen MR) is 96.2 cm³/mol. The highest BCUT2D eigenvalue weighted by molar-refractivity contribution is 9.10. The molecule has 0 radical (unpaired) electrons. The van der Waals surface area contributed by atoms with E-state index in [9.17, 15) is 9.70 Å². The Balaban J connectivity index is 2.25. The van der Waals surface area contributed by atoms with Crippen molar-refractivity contribution in [1.82, 2.24) is 15.2 Å². The fraction of sp³-hybridized carbons (Fsp3) is 0.375. The third-order valence-corrected chi connectivity index (χ3v) is 3.64. The Morgan fingerprint density at radius 3 is 2.58 bits per heavy atom. The van der Waals surface area contributed by atoms with Crippen LogP contribution >= 0.6 is 15.9 Å². The maximum atomic E-state index is 12.5. The van der Waals surface area contributed by atoms with Crippen molar-refractivity contribution >= 4 is 33.2 Å². The average Bonchev–Trinajstić information content (AvgIpc) is 2.87. The van der Waals surface area contributed by atoms with Crippen molar-refractivity contribution in [2.45, 2.75) is 39.8 Å². The topological polar surface area (TPSA) is 79.0 Å². The number of anilines is 1. The molecule has 0 saturated carbocycles. The van der Waals surface area contributed by atoms with E-state index in [-0.39, 0.29) is 11.6 Å². The van der Waals surface area contributed by atoms with Gasteiger partial charge >= 0.3 is 5.69 Å². The number of amides is 1. The maximum Gasteiger partial charge on any atom is 0.315 e. The number of halogens is 1. The Labute approximate surface area is 149 Å². The van der Waals surface area contributed by atoms with Crippen molar-refractivity contribution < 1.29 is 9.66 Å². The number of hydrogen-bond acceptors (Lipinski definition) is 3. The predicted octanol–water partition coefficient (Wildman–Crippen LogP) is 3.63. The van der Waals surface area contributed by atoms with Gasteiger partial charge in [-0.05, 0) is 49.7 Å². The highest BCUT2D eigenvalue weighted by Crippen LogP contribution is 2.25. The van der Waals surface area contributed by atoms with Gasteiger partial charge in [-0.25, -0.2) is 0 Å². The average molecular weight is 395 g/mol. The van der Waals surface area contributed by atoms with E-state index in [0.29, 0.717) is 27.3 Å². The van der Waals surface area contributed by atoms with Crippen molar-refractivity contribution in [1.29, 1.82) is 0 Å². The summed E-state index contributed by atoms with van der Waals surface area (Å²) in [6.07, 6.45) is 1.74. The quantitative estimate of drug-likeness (QED) is 0.599. The molecule has 2 rings (SSSR count). The van der Waals surface area contributed by atoms with Gasteiger partial charge in [-0.15, -0.1) is 5.43 Å². The molecule has 24 heavy (non-hydrogen) atoms. The van der Waals surface area contributed by atoms with Crippen LogP contribution in [0.4, 0.5) is 11.4 Å². The first-order chi connectivity index (χ1) is 11.2. The molecular formula is C16H21BrN5O2+. The lowest BCUT2D eigenvalue weighted by Crippen LogP contribution is -2.40. The van der Waals surface area contributed by atoms with Gasteiger partial charge in [0.15, 0.2) is 10.6 Å². The van der Waals surface area contributed by atoms with Crippen molar-refractivity contribution in [3.63, 3.8) is 0 Å². The third-order valence-electron chi connectivity index (χ3n) is 3.06. The van der Waals surface area contributed by atoms with Crippen LogP contribution in [0.15, 0.2) is 34.9 Å². The number of hydrazine groups is 1. The Morgan fingerprint density at radius 2 is 2.00 bits per heavy atom. The van der Waals surface area contributed by atoms with Gasteiger partial charge in [0.1, 0.15) is 5.69 Å². The Bertz CT molecular complexity index is 764. The summed E-state index contributed by atoms with van der Waals surface area (Å²) < 4.78 is 2.26. The largest absolute Gasteiger partial charge is 0.315 e. The minimum absolute atomic E-state index is 0.271. The van der Waals surface area contributed by atoms with Gasteiger partial charge in [-0.3, -0.25) is 9.48 Å². The van der Waals surface area contributed by atoms with Gasteiger partial charge in [0, 0.05) is 18.8 Å². The molecule has 0 unspecified atom stereocenters. The highest BCUT2D eigenvalue weighted by Gasteiger charge is 2.26. The lowest BCUT2D eigenvalue weighted by atomic mass is 10.1. The van der Waals surface area contributed by atoms with Gasteiger partial charge in [-0.2, -0.15) is 5.10 Å². The Morgan fingerprint density at radius 1 is 1.33 bits per heavy atom. The summed E-state index contributed by atoms with van der Waals surface area (Å²) in [5, 5.41) is 6.95. The second kappa shape index (κ2) is 7.12. The molecule has 8 heteroatoms. The summed E-state index contributed by atoms with van der Waals surface area (Å²) in [6.45, 7) is 8.24. The van der Waals surface area contributed by atoms with Crippen LogP contribution in [0.5, 0.6) is 0 Å². The summed E-state index contributed by atoms with van der Waals surface area (Å²) in [5.41, 5.74) is 3.42. The van der Waals surface area contributed by atoms with Crippen LogP contribution in [0.3, 0.4) is 0 Å². The van der Waals surface area contributed by atoms with Crippen molar-refractivity contribution in [2.24, 2.45) is 0 Å². The molecule has 0 saturated heterocycles. The van der Waals surface area contributed by atoms with Crippen LogP contribution in [0.25, 0.3) is 0 Å². The molecule has 0 fully saturated rings. The molecule has 1 amide bonds. The smallest absolute Gasteiger partial charge is 0.315 e. The van der Waals surface area contributed by atoms with Gasteiger partial charge in [0.05, 0.1) is 14.9 Å². The van der Waals surface area contributed by atoms with Crippen LogP contribution < -0.4 is 10.7 Å². The van der Waals surface area contributed by atoms with Gasteiger partial charge in [-0.1, -0.05) is 12.1 Å². The number of nitrogens with one attached hydrogen (secondary N) is 2. The fourth-order valence-corrected chi connectivity index (χ4v) is 2.51. The number of aromatic nitrogens is 2. The number of carbonyl (C=O) groups excluding carboxylic acids is 1. The lowest BCUT2D eigenvalue weighted by Gasteiger charge is -2.14. The zero-order chi connectivity index (χ0) is 17.9. The standard InChI is InChI=1S/C16H20BrN5O2/c1-5-21-10-11(17)14(19-21)15(23)18-12-8-6-7-9-13(12)22(24)20-16(2,3)4/h6-10H,5H2,1-4H3,(H-,18,20,23,24)/p+1. The minimum Gasteiger partial charge on any atom is -0.315 e. The summed E-state index contributed by atoms with van der Waals surface area (Å²) >= 11 is 3.33. The number of hydrogen-bond donors (Lipinski definition) is 2. The molecular weight excluding hydrogens is 374 g/mol. The van der Waals surface area contributed by atoms with E-state index in [1.165, 1.54) is 0 Å². The van der Waals surface area contributed by atoms with Crippen molar-refractivity contribution in [3.8, 4) is 0 Å². The molecule has 2 N–H and O–H groups in total. The van der Waals surface area contributed by atoms with E-state index in [1.807, 2.05) is 27.7 Å². The van der Waals surface area contributed by atoms with E-state index in [1.54, 1.807) is 35.1 Å². The van der Waals surface area contributed by atoms with Crippen LogP contribution in [0, 0.1) is 4.91 Å². The third kappa shape index (κ3) is 4.41. The molecule has 0 bridgehead atoms. The summed E-state index contributed by atoms with van der Waals surface area (Å²) in [5.74, 6) is -0.384. The van der Waals surface area contributed by atoms with Crippen LogP contribution in [0.1, 0.15) is 38.2 Å². The van der Waals surface area contributed by atoms with E-state index in [2.05, 4.69) is 31.8 Å². The van der Waals surface area contributed by atoms with E-state index in [0.717, 1.165) is 0 Å². The SMILES string of the molecule is CCn1cc(Br)c(C(=O)Nc2ccccc2[N+](=O)NC(C)(C)C)n1. The molecule has 1 aromatic heterocycles. The summed E-state index contributed by atoms with van der Waals surface area (Å²) in [4.78, 5) is 25.5. The van der Waals surface area contributed by atoms with E-state index in [4.69, 9.17) is 0 Å². The molecule has 0 aliphatic rings. The molecule has 0 atom stereocenters. The second-order valence-electron chi connectivity index (χ2n) is 6.31. The summed E-state index contributed by atoms with van der Waals surface area (Å²) in [7, 11) is 0. The fourth-order valence-electron chi connectivity index (χ4n) is 2.02. The number of nitrogens with zero attached hydrogens (tertiary/aromatic N) is 3. The van der Waals surface area contributed by atoms with Gasteiger partial charge in [0.2, 0.25) is 0 Å². The number of carbonyl (C=O) groups is 1. The zero-order valence-electron chi connectivity index (χ0n) is 14.1. The van der Waals surface area contributed by atoms with Crippen LogP contribution in [-0.4, -0.2) is 26.1 Å².